The molecule has 0 atom stereocenters. The second-order valence-electron chi connectivity index (χ2n) is 7.48. The fraction of sp³-hybridized carbons (Fsp3) is 0.474. The molecule has 3 heterocycles. The van der Waals surface area contributed by atoms with Crippen molar-refractivity contribution in [3.8, 4) is 0 Å². The van der Waals surface area contributed by atoms with Gasteiger partial charge in [0.15, 0.2) is 0 Å². The van der Waals surface area contributed by atoms with Crippen molar-refractivity contribution in [2.24, 2.45) is 0 Å². The molecule has 9 nitrogen and oxygen atoms in total. The van der Waals surface area contributed by atoms with E-state index in [1.165, 1.54) is 14.7 Å². The van der Waals surface area contributed by atoms with E-state index in [9.17, 15) is 16.8 Å². The third kappa shape index (κ3) is 4.01. The van der Waals surface area contributed by atoms with E-state index < -0.39 is 20.0 Å². The van der Waals surface area contributed by atoms with E-state index in [2.05, 4.69) is 9.97 Å². The minimum Gasteiger partial charge on any atom is -0.338 e. The number of sulfonamides is 2. The molecule has 0 bridgehead atoms. The van der Waals surface area contributed by atoms with Crippen molar-refractivity contribution < 1.29 is 16.8 Å². The van der Waals surface area contributed by atoms with Crippen LogP contribution in [0.1, 0.15) is 18.4 Å². The normalized spacial score (nSPS) is 20.3. The first-order valence-electron chi connectivity index (χ1n) is 9.92. The second-order valence-corrected chi connectivity index (χ2v) is 11.4. The Morgan fingerprint density at radius 2 is 1.67 bits per heavy atom. The summed E-state index contributed by atoms with van der Waals surface area (Å²) >= 11 is 0. The molecule has 30 heavy (non-hydrogen) atoms. The molecule has 0 spiro atoms. The smallest absolute Gasteiger partial charge is 0.243 e. The number of rotatable bonds is 4. The van der Waals surface area contributed by atoms with E-state index >= 15 is 0 Å². The molecule has 0 unspecified atom stereocenters. The van der Waals surface area contributed by atoms with Crippen molar-refractivity contribution in [2.75, 3.05) is 47.7 Å². The lowest BCUT2D eigenvalue weighted by atomic mass is 10.2. The highest BCUT2D eigenvalue weighted by Gasteiger charge is 2.32. The highest BCUT2D eigenvalue weighted by Crippen LogP contribution is 2.30. The molecule has 2 aromatic rings. The number of aryl methyl sites for hydroxylation is 1. The van der Waals surface area contributed by atoms with Crippen LogP contribution in [0.25, 0.3) is 0 Å². The largest absolute Gasteiger partial charge is 0.338 e. The molecule has 11 heteroatoms. The van der Waals surface area contributed by atoms with Crippen molar-refractivity contribution in [1.82, 2.24) is 14.3 Å². The maximum absolute atomic E-state index is 13.4. The van der Waals surface area contributed by atoms with Gasteiger partial charge in [-0.25, -0.2) is 26.8 Å². The molecule has 2 saturated heterocycles. The molecule has 0 saturated carbocycles. The van der Waals surface area contributed by atoms with E-state index in [1.807, 2.05) is 4.90 Å². The van der Waals surface area contributed by atoms with Gasteiger partial charge in [0.05, 0.1) is 16.3 Å². The molecule has 0 radical (unpaired) electrons. The Balaban J connectivity index is 1.57. The molecule has 0 N–H and O–H groups in total. The Labute approximate surface area is 177 Å². The van der Waals surface area contributed by atoms with Crippen LogP contribution in [0.4, 0.5) is 11.6 Å². The average molecular weight is 452 g/mol. The molecule has 4 rings (SSSR count). The summed E-state index contributed by atoms with van der Waals surface area (Å²) < 4.78 is 54.4. The number of hydrogen-bond acceptors (Lipinski definition) is 7. The molecule has 162 valence electrons. The van der Waals surface area contributed by atoms with Gasteiger partial charge in [-0.05, 0) is 43.5 Å². The number of benzene rings is 1. The average Bonchev–Trinajstić information content (AvgIpc) is 2.75. The Morgan fingerprint density at radius 3 is 2.33 bits per heavy atom. The van der Waals surface area contributed by atoms with Crippen LogP contribution in [0.15, 0.2) is 41.6 Å². The topological polar surface area (TPSA) is 104 Å². The van der Waals surface area contributed by atoms with Crippen LogP contribution >= 0.6 is 0 Å². The molecular formula is C19H25N5O4S2. The van der Waals surface area contributed by atoms with Crippen molar-refractivity contribution in [3.05, 3.63) is 42.2 Å². The first-order chi connectivity index (χ1) is 14.3. The molecular weight excluding hydrogens is 426 g/mol. The second kappa shape index (κ2) is 8.12. The molecule has 0 amide bonds. The quantitative estimate of drug-likeness (QED) is 0.689. The van der Waals surface area contributed by atoms with Crippen molar-refractivity contribution >= 4 is 31.7 Å². The fourth-order valence-corrected chi connectivity index (χ4v) is 7.12. The lowest BCUT2D eigenvalue weighted by molar-refractivity contribution is 0.382. The van der Waals surface area contributed by atoms with Crippen LogP contribution in [-0.4, -0.2) is 69.6 Å². The summed E-state index contributed by atoms with van der Waals surface area (Å²) in [5, 5.41) is 0. The van der Waals surface area contributed by atoms with Gasteiger partial charge < -0.3 is 4.90 Å². The maximum Gasteiger partial charge on any atom is 0.243 e. The standard InChI is InChI=1S/C19H25N5O4S2/c1-16-5-6-17(24-9-2-3-14-29(24,25)26)15-18(16)30(27,28)23-12-10-22(11-13-23)19-20-7-4-8-21-19/h4-8,15H,2-3,9-14H2,1H3. The molecule has 0 aliphatic carbocycles. The highest BCUT2D eigenvalue weighted by molar-refractivity contribution is 7.92. The van der Waals surface area contributed by atoms with Crippen LogP contribution in [-0.2, 0) is 20.0 Å². The van der Waals surface area contributed by atoms with Gasteiger partial charge in [-0.1, -0.05) is 6.07 Å². The van der Waals surface area contributed by atoms with Crippen LogP contribution in [0.5, 0.6) is 0 Å². The first kappa shape index (κ1) is 21.0. The minimum absolute atomic E-state index is 0.0898. The Kier molecular flexibility index (Phi) is 5.69. The summed E-state index contributed by atoms with van der Waals surface area (Å²) in [4.78, 5) is 10.6. The van der Waals surface area contributed by atoms with Crippen molar-refractivity contribution in [1.29, 1.82) is 0 Å². The van der Waals surface area contributed by atoms with Gasteiger partial charge in [0.25, 0.3) is 0 Å². The predicted octanol–water partition coefficient (Wildman–Crippen LogP) is 1.23. The van der Waals surface area contributed by atoms with E-state index in [-0.39, 0.29) is 10.6 Å². The van der Waals surface area contributed by atoms with Gasteiger partial charge in [-0.15, -0.1) is 0 Å². The lowest BCUT2D eigenvalue weighted by Crippen LogP contribution is -2.49. The first-order valence-corrected chi connectivity index (χ1v) is 13.0. The molecule has 1 aromatic heterocycles. The monoisotopic (exact) mass is 451 g/mol. The minimum atomic E-state index is -3.75. The summed E-state index contributed by atoms with van der Waals surface area (Å²) in [7, 11) is -7.16. The highest BCUT2D eigenvalue weighted by atomic mass is 32.2. The summed E-state index contributed by atoms with van der Waals surface area (Å²) in [6.45, 7) is 3.71. The van der Waals surface area contributed by atoms with Crippen LogP contribution in [0.2, 0.25) is 0 Å². The van der Waals surface area contributed by atoms with Crippen molar-refractivity contribution in [3.63, 3.8) is 0 Å². The van der Waals surface area contributed by atoms with Gasteiger partial charge in [0, 0.05) is 45.1 Å². The van der Waals surface area contributed by atoms with Crippen LogP contribution in [0.3, 0.4) is 0 Å². The third-order valence-corrected chi connectivity index (χ3v) is 9.41. The molecule has 2 fully saturated rings. The van der Waals surface area contributed by atoms with Crippen LogP contribution in [0, 0.1) is 6.92 Å². The summed E-state index contributed by atoms with van der Waals surface area (Å²) in [5.74, 6) is 0.676. The third-order valence-electron chi connectivity index (χ3n) is 5.50. The van der Waals surface area contributed by atoms with Gasteiger partial charge in [0.1, 0.15) is 0 Å². The lowest BCUT2D eigenvalue weighted by Gasteiger charge is -2.34. The van der Waals surface area contributed by atoms with Gasteiger partial charge in [-0.2, -0.15) is 4.31 Å². The summed E-state index contributed by atoms with van der Waals surface area (Å²) in [6.07, 6.45) is 4.72. The zero-order chi connectivity index (χ0) is 21.4. The molecule has 2 aliphatic rings. The Morgan fingerprint density at radius 1 is 0.967 bits per heavy atom. The predicted molar refractivity (Wildman–Crippen MR) is 115 cm³/mol. The number of hydrogen-bond donors (Lipinski definition) is 0. The SMILES string of the molecule is Cc1ccc(N2CCCCS2(=O)=O)cc1S(=O)(=O)N1CCN(c2ncccn2)CC1. The zero-order valence-electron chi connectivity index (χ0n) is 16.8. The summed E-state index contributed by atoms with van der Waals surface area (Å²) in [6, 6.07) is 6.60. The number of aromatic nitrogens is 2. The Bertz CT molecular complexity index is 1110. The maximum atomic E-state index is 13.4. The number of piperazine rings is 1. The van der Waals surface area contributed by atoms with E-state index in [4.69, 9.17) is 0 Å². The van der Waals surface area contributed by atoms with E-state index in [0.717, 1.165) is 6.42 Å². The van der Waals surface area contributed by atoms with Crippen molar-refractivity contribution in [2.45, 2.75) is 24.7 Å². The number of anilines is 2. The molecule has 2 aliphatic heterocycles. The van der Waals surface area contributed by atoms with Gasteiger partial charge in [0.2, 0.25) is 26.0 Å². The number of nitrogens with zero attached hydrogens (tertiary/aromatic N) is 5. The van der Waals surface area contributed by atoms with Crippen LogP contribution < -0.4 is 9.21 Å². The summed E-state index contributed by atoms with van der Waals surface area (Å²) in [5.41, 5.74) is 1.01. The fourth-order valence-electron chi connectivity index (χ4n) is 3.82. The van der Waals surface area contributed by atoms with Gasteiger partial charge in [-0.3, -0.25) is 4.31 Å². The van der Waals surface area contributed by atoms with Gasteiger partial charge >= 0.3 is 0 Å². The zero-order valence-corrected chi connectivity index (χ0v) is 18.4. The molecule has 1 aromatic carbocycles. The Hall–Kier alpha value is -2.24. The van der Waals surface area contributed by atoms with E-state index in [0.29, 0.717) is 56.3 Å². The van der Waals surface area contributed by atoms with E-state index in [1.54, 1.807) is 37.5 Å².